The van der Waals surface area contributed by atoms with Gasteiger partial charge in [-0.2, -0.15) is 0 Å². The molecule has 1 aromatic rings. The number of hydrogen-bond donors (Lipinski definition) is 2. The first-order valence-corrected chi connectivity index (χ1v) is 9.85. The number of fused-ring (bicyclic) bond motifs is 2. The number of amidine groups is 1. The lowest BCUT2D eigenvalue weighted by atomic mass is 9.99. The number of rotatable bonds is 2. The Morgan fingerprint density at radius 3 is 3.00 bits per heavy atom. The lowest BCUT2D eigenvalue weighted by molar-refractivity contribution is -0.112. The van der Waals surface area contributed by atoms with Crippen molar-refractivity contribution in [1.82, 2.24) is 10.2 Å². The second-order valence-corrected chi connectivity index (χ2v) is 8.05. The van der Waals surface area contributed by atoms with Crippen LogP contribution >= 0.6 is 0 Å². The van der Waals surface area contributed by atoms with Gasteiger partial charge in [0.25, 0.3) is 15.9 Å². The summed E-state index contributed by atoms with van der Waals surface area (Å²) in [6.07, 6.45) is 5.06. The molecule has 0 atom stereocenters. The number of nitrogens with zero attached hydrogens (tertiary/aromatic N) is 2. The van der Waals surface area contributed by atoms with Gasteiger partial charge in [0.05, 0.1) is 17.0 Å². The summed E-state index contributed by atoms with van der Waals surface area (Å²) in [6, 6.07) is 3.37. The molecule has 0 radical (unpaired) electrons. The molecule has 0 saturated carbocycles. The van der Waals surface area contributed by atoms with Crippen LogP contribution in [0.3, 0.4) is 0 Å². The van der Waals surface area contributed by atoms with Crippen LogP contribution in [0.15, 0.2) is 40.5 Å². The summed E-state index contributed by atoms with van der Waals surface area (Å²) in [5.74, 6) is -0.686. The van der Waals surface area contributed by atoms with Gasteiger partial charge in [0.2, 0.25) is 0 Å². The van der Waals surface area contributed by atoms with Gasteiger partial charge in [-0.1, -0.05) is 6.07 Å². The molecule has 0 spiro atoms. The molecule has 4 rings (SSSR count). The average molecular weight is 376 g/mol. The Morgan fingerprint density at radius 1 is 1.31 bits per heavy atom. The Labute approximate surface area is 150 Å². The van der Waals surface area contributed by atoms with Crippen LogP contribution in [0.1, 0.15) is 11.1 Å². The molecule has 0 saturated heterocycles. The van der Waals surface area contributed by atoms with E-state index in [2.05, 4.69) is 15.0 Å². The molecule has 3 aliphatic heterocycles. The lowest BCUT2D eigenvalue weighted by Gasteiger charge is -2.27. The number of halogens is 1. The van der Waals surface area contributed by atoms with Crippen molar-refractivity contribution in [3.05, 3.63) is 53.0 Å². The molecule has 0 unspecified atom stereocenters. The van der Waals surface area contributed by atoms with Crippen molar-refractivity contribution < 1.29 is 17.6 Å². The molecule has 26 heavy (non-hydrogen) atoms. The van der Waals surface area contributed by atoms with Crippen molar-refractivity contribution in [3.8, 4) is 0 Å². The van der Waals surface area contributed by atoms with Gasteiger partial charge < -0.3 is 15.5 Å². The molecule has 3 heterocycles. The lowest BCUT2D eigenvalue weighted by Crippen LogP contribution is -2.37. The molecule has 136 valence electrons. The summed E-state index contributed by atoms with van der Waals surface area (Å²) < 4.78 is 41.4. The average Bonchev–Trinajstić information content (AvgIpc) is 2.63. The van der Waals surface area contributed by atoms with Gasteiger partial charge >= 0.3 is 0 Å². The number of sulfonamides is 1. The van der Waals surface area contributed by atoms with E-state index < -0.39 is 21.7 Å². The first-order valence-electron chi connectivity index (χ1n) is 8.24. The molecule has 0 aliphatic carbocycles. The SMILES string of the molecule is O=C(Nc1ccc2c(c1F)CCNC2)C1=CN2CCS(=O)(=O)N=C2C=C1. The largest absolute Gasteiger partial charge is 0.330 e. The molecule has 7 nitrogen and oxygen atoms in total. The predicted octanol–water partition coefficient (Wildman–Crippen LogP) is 0.907. The number of benzene rings is 1. The van der Waals surface area contributed by atoms with E-state index in [9.17, 15) is 17.6 Å². The van der Waals surface area contributed by atoms with Crippen molar-refractivity contribution >= 4 is 27.5 Å². The fraction of sp³-hybridized carbons (Fsp3) is 0.294. The maximum absolute atomic E-state index is 14.7. The molecule has 3 aliphatic rings. The van der Waals surface area contributed by atoms with E-state index in [1.807, 2.05) is 6.07 Å². The summed E-state index contributed by atoms with van der Waals surface area (Å²) in [4.78, 5) is 14.1. The van der Waals surface area contributed by atoms with Crippen LogP contribution in [-0.2, 0) is 27.8 Å². The van der Waals surface area contributed by atoms with Gasteiger partial charge in [-0.15, -0.1) is 4.40 Å². The Morgan fingerprint density at radius 2 is 2.15 bits per heavy atom. The van der Waals surface area contributed by atoms with E-state index in [4.69, 9.17) is 0 Å². The fourth-order valence-electron chi connectivity index (χ4n) is 3.16. The first kappa shape index (κ1) is 16.9. The second-order valence-electron chi connectivity index (χ2n) is 6.29. The normalized spacial score (nSPS) is 20.6. The molecule has 2 N–H and O–H groups in total. The zero-order valence-electron chi connectivity index (χ0n) is 13.8. The van der Waals surface area contributed by atoms with Crippen LogP contribution in [0.5, 0.6) is 0 Å². The highest BCUT2D eigenvalue weighted by Crippen LogP contribution is 2.25. The highest BCUT2D eigenvalue weighted by molar-refractivity contribution is 7.90. The van der Waals surface area contributed by atoms with Crippen LogP contribution in [0.4, 0.5) is 10.1 Å². The smallest absolute Gasteiger partial charge is 0.257 e. The molecule has 0 aromatic heterocycles. The van der Waals surface area contributed by atoms with Crippen molar-refractivity contribution in [2.75, 3.05) is 24.2 Å². The quantitative estimate of drug-likeness (QED) is 0.801. The summed E-state index contributed by atoms with van der Waals surface area (Å²) >= 11 is 0. The number of hydrogen-bond acceptors (Lipinski definition) is 5. The van der Waals surface area contributed by atoms with Crippen LogP contribution < -0.4 is 10.6 Å². The maximum Gasteiger partial charge on any atom is 0.257 e. The van der Waals surface area contributed by atoms with Crippen LogP contribution in [0.2, 0.25) is 0 Å². The van der Waals surface area contributed by atoms with Crippen LogP contribution in [-0.4, -0.2) is 43.9 Å². The van der Waals surface area contributed by atoms with Crippen LogP contribution in [0, 0.1) is 5.82 Å². The highest BCUT2D eigenvalue weighted by Gasteiger charge is 2.25. The number of amides is 1. The molecule has 0 fully saturated rings. The summed E-state index contributed by atoms with van der Waals surface area (Å²) in [6.45, 7) is 1.55. The molecule has 9 heteroatoms. The monoisotopic (exact) mass is 376 g/mol. The minimum absolute atomic E-state index is 0.108. The third-order valence-corrected chi connectivity index (χ3v) is 5.71. The number of carbonyl (C=O) groups is 1. The topological polar surface area (TPSA) is 90.9 Å². The van der Waals surface area contributed by atoms with E-state index in [0.717, 1.165) is 5.56 Å². The third-order valence-electron chi connectivity index (χ3n) is 4.54. The van der Waals surface area contributed by atoms with Gasteiger partial charge in [0, 0.05) is 19.3 Å². The van der Waals surface area contributed by atoms with E-state index in [-0.39, 0.29) is 23.8 Å². The molecule has 0 bridgehead atoms. The van der Waals surface area contributed by atoms with E-state index in [1.165, 1.54) is 18.4 Å². The zero-order chi connectivity index (χ0) is 18.3. The number of anilines is 1. The summed E-state index contributed by atoms with van der Waals surface area (Å²) in [7, 11) is -3.44. The van der Waals surface area contributed by atoms with Crippen LogP contribution in [0.25, 0.3) is 0 Å². The molecular weight excluding hydrogens is 359 g/mol. The van der Waals surface area contributed by atoms with Crippen molar-refractivity contribution in [2.24, 2.45) is 4.40 Å². The standard InChI is InChI=1S/C17H17FN4O3S/c18-16-13-5-6-19-9-11(13)1-3-14(16)20-17(23)12-2-4-15-21-26(24,25)8-7-22(15)10-12/h1-4,10,19H,5-9H2,(H,20,23). The number of carbonyl (C=O) groups excluding carboxylic acids is 1. The highest BCUT2D eigenvalue weighted by atomic mass is 32.2. The fourth-order valence-corrected chi connectivity index (χ4v) is 4.13. The third kappa shape index (κ3) is 3.15. The maximum atomic E-state index is 14.7. The zero-order valence-corrected chi connectivity index (χ0v) is 14.6. The van der Waals surface area contributed by atoms with Gasteiger partial charge in [0.1, 0.15) is 11.7 Å². The van der Waals surface area contributed by atoms with Gasteiger partial charge in [-0.05, 0) is 42.3 Å². The van der Waals surface area contributed by atoms with E-state index in [0.29, 0.717) is 30.6 Å². The van der Waals surface area contributed by atoms with Gasteiger partial charge in [-0.25, -0.2) is 12.8 Å². The molecule has 1 aromatic carbocycles. The summed E-state index contributed by atoms with van der Waals surface area (Å²) in [5, 5.41) is 5.78. The molecule has 1 amide bonds. The van der Waals surface area contributed by atoms with Crippen molar-refractivity contribution in [3.63, 3.8) is 0 Å². The Balaban J connectivity index is 1.55. The van der Waals surface area contributed by atoms with Gasteiger partial charge in [0.15, 0.2) is 0 Å². The predicted molar refractivity (Wildman–Crippen MR) is 95.6 cm³/mol. The number of nitrogens with one attached hydrogen (secondary N) is 2. The minimum Gasteiger partial charge on any atom is -0.330 e. The minimum atomic E-state index is -3.44. The van der Waals surface area contributed by atoms with E-state index in [1.54, 1.807) is 11.0 Å². The summed E-state index contributed by atoms with van der Waals surface area (Å²) in [5.41, 5.74) is 1.98. The van der Waals surface area contributed by atoms with Gasteiger partial charge in [-0.3, -0.25) is 4.79 Å². The Kier molecular flexibility index (Phi) is 4.12. The van der Waals surface area contributed by atoms with E-state index >= 15 is 0 Å². The Bertz CT molecular complexity index is 982. The second kappa shape index (κ2) is 6.33. The van der Waals surface area contributed by atoms with Crippen molar-refractivity contribution in [2.45, 2.75) is 13.0 Å². The molecular formula is C17H17FN4O3S. The first-order chi connectivity index (χ1) is 12.4. The van der Waals surface area contributed by atoms with Crippen molar-refractivity contribution in [1.29, 1.82) is 0 Å². The Hall–Kier alpha value is -2.52.